The summed E-state index contributed by atoms with van der Waals surface area (Å²) in [6, 6.07) is 6.49. The highest BCUT2D eigenvalue weighted by atomic mass is 35.5. The van der Waals surface area contributed by atoms with Gasteiger partial charge in [0.25, 0.3) is 0 Å². The number of piperidine rings is 1. The molecule has 0 radical (unpaired) electrons. The Morgan fingerprint density at radius 3 is 2.89 bits per heavy atom. The zero-order valence-electron chi connectivity index (χ0n) is 16.5. The fourth-order valence-corrected chi connectivity index (χ4v) is 3.92. The number of likely N-dealkylation sites (tertiary alicyclic amines) is 1. The van der Waals surface area contributed by atoms with Crippen LogP contribution in [0.3, 0.4) is 0 Å². The van der Waals surface area contributed by atoms with E-state index in [1.807, 2.05) is 25.2 Å². The van der Waals surface area contributed by atoms with E-state index in [-0.39, 0.29) is 0 Å². The molecule has 1 aromatic carbocycles. The second kappa shape index (κ2) is 10.00. The van der Waals surface area contributed by atoms with Crippen LogP contribution in [0.15, 0.2) is 29.4 Å². The minimum absolute atomic E-state index is 0.515. The van der Waals surface area contributed by atoms with Crippen molar-refractivity contribution in [2.75, 3.05) is 33.2 Å². The Kier molecular flexibility index (Phi) is 7.41. The SMILES string of the molecule is CCCCN1CCC(NC(=NC)NCCc2c[nH]c3ccc(Cl)cc23)CC1. The van der Waals surface area contributed by atoms with Crippen LogP contribution >= 0.6 is 11.6 Å². The molecule has 2 heterocycles. The summed E-state index contributed by atoms with van der Waals surface area (Å²) in [6.07, 6.45) is 7.95. The summed E-state index contributed by atoms with van der Waals surface area (Å²) in [5.41, 5.74) is 2.41. The van der Waals surface area contributed by atoms with Gasteiger partial charge in [0.2, 0.25) is 0 Å². The number of guanidine groups is 1. The summed E-state index contributed by atoms with van der Waals surface area (Å²) < 4.78 is 0. The maximum absolute atomic E-state index is 6.14. The third-order valence-electron chi connectivity index (χ3n) is 5.40. The van der Waals surface area contributed by atoms with Crippen LogP contribution in [0.1, 0.15) is 38.2 Å². The number of nitrogens with one attached hydrogen (secondary N) is 3. The van der Waals surface area contributed by atoms with Gasteiger partial charge in [0.1, 0.15) is 0 Å². The topological polar surface area (TPSA) is 55.4 Å². The molecule has 0 spiro atoms. The number of aromatic nitrogens is 1. The Balaban J connectivity index is 1.44. The van der Waals surface area contributed by atoms with Gasteiger partial charge in [0.15, 0.2) is 5.96 Å². The molecule has 6 heteroatoms. The summed E-state index contributed by atoms with van der Waals surface area (Å²) in [5.74, 6) is 0.903. The van der Waals surface area contributed by atoms with Crippen LogP contribution in [0.25, 0.3) is 10.9 Å². The first kappa shape index (κ1) is 20.0. The number of unbranched alkanes of at least 4 members (excludes halogenated alkanes) is 1. The lowest BCUT2D eigenvalue weighted by Crippen LogP contribution is -2.49. The molecule has 0 atom stereocenters. The van der Waals surface area contributed by atoms with Gasteiger partial charge in [-0.2, -0.15) is 0 Å². The van der Waals surface area contributed by atoms with E-state index in [1.54, 1.807) is 0 Å². The van der Waals surface area contributed by atoms with E-state index in [9.17, 15) is 0 Å². The van der Waals surface area contributed by atoms with Gasteiger partial charge in [-0.15, -0.1) is 0 Å². The molecule has 1 fully saturated rings. The number of H-pyrrole nitrogens is 1. The van der Waals surface area contributed by atoms with Crippen LogP contribution in [0.2, 0.25) is 5.02 Å². The maximum atomic E-state index is 6.14. The number of aliphatic imine (C=N–C) groups is 1. The number of aromatic amines is 1. The van der Waals surface area contributed by atoms with Crippen LogP contribution in [0.5, 0.6) is 0 Å². The van der Waals surface area contributed by atoms with Crippen molar-refractivity contribution >= 4 is 28.5 Å². The van der Waals surface area contributed by atoms with Gasteiger partial charge in [-0.25, -0.2) is 0 Å². The summed E-state index contributed by atoms with van der Waals surface area (Å²) in [6.45, 7) is 6.71. The molecule has 1 aliphatic rings. The van der Waals surface area contributed by atoms with Crippen LogP contribution in [0, 0.1) is 0 Å². The van der Waals surface area contributed by atoms with Gasteiger partial charge in [-0.1, -0.05) is 24.9 Å². The molecule has 148 valence electrons. The van der Waals surface area contributed by atoms with Crippen molar-refractivity contribution < 1.29 is 0 Å². The van der Waals surface area contributed by atoms with Gasteiger partial charge in [0, 0.05) is 54.8 Å². The van der Waals surface area contributed by atoms with E-state index < -0.39 is 0 Å². The van der Waals surface area contributed by atoms with Crippen molar-refractivity contribution in [1.29, 1.82) is 0 Å². The summed E-state index contributed by atoms with van der Waals surface area (Å²) >= 11 is 6.14. The molecule has 0 bridgehead atoms. The average molecular weight is 390 g/mol. The maximum Gasteiger partial charge on any atom is 0.191 e. The first-order valence-corrected chi connectivity index (χ1v) is 10.5. The smallest absolute Gasteiger partial charge is 0.191 e. The Hall–Kier alpha value is -1.72. The van der Waals surface area contributed by atoms with Crippen molar-refractivity contribution in [1.82, 2.24) is 20.5 Å². The number of rotatable bonds is 7. The molecule has 1 aromatic heterocycles. The molecule has 1 saturated heterocycles. The predicted octanol–water partition coefficient (Wildman–Crippen LogP) is 3.79. The highest BCUT2D eigenvalue weighted by Gasteiger charge is 2.19. The van der Waals surface area contributed by atoms with Gasteiger partial charge >= 0.3 is 0 Å². The molecule has 0 aliphatic carbocycles. The molecule has 1 aliphatic heterocycles. The quantitative estimate of drug-likeness (QED) is 0.498. The Morgan fingerprint density at radius 2 is 2.15 bits per heavy atom. The monoisotopic (exact) mass is 389 g/mol. The molecule has 2 aromatic rings. The van der Waals surface area contributed by atoms with Gasteiger partial charge in [-0.05, 0) is 56.0 Å². The third-order valence-corrected chi connectivity index (χ3v) is 5.63. The second-order valence-electron chi connectivity index (χ2n) is 7.37. The highest BCUT2D eigenvalue weighted by Crippen LogP contribution is 2.22. The lowest BCUT2D eigenvalue weighted by Gasteiger charge is -2.33. The molecular formula is C21H32ClN5. The molecule has 0 unspecified atom stereocenters. The fraction of sp³-hybridized carbons (Fsp3) is 0.571. The van der Waals surface area contributed by atoms with Crippen LogP contribution < -0.4 is 10.6 Å². The Labute approximate surface area is 167 Å². The molecule has 3 N–H and O–H groups in total. The molecule has 0 saturated carbocycles. The average Bonchev–Trinajstić information content (AvgIpc) is 3.08. The van der Waals surface area contributed by atoms with Crippen LogP contribution in [-0.4, -0.2) is 55.1 Å². The molecule has 5 nitrogen and oxygen atoms in total. The first-order chi connectivity index (χ1) is 13.2. The fourth-order valence-electron chi connectivity index (χ4n) is 3.74. The molecule has 3 rings (SSSR count). The Bertz CT molecular complexity index is 746. The molecule has 0 amide bonds. The lowest BCUT2D eigenvalue weighted by atomic mass is 10.0. The van der Waals surface area contributed by atoms with E-state index in [2.05, 4.69) is 38.6 Å². The van der Waals surface area contributed by atoms with Gasteiger partial charge < -0.3 is 20.5 Å². The van der Waals surface area contributed by atoms with Crippen molar-refractivity contribution in [2.45, 2.75) is 45.1 Å². The zero-order chi connectivity index (χ0) is 19.1. The van der Waals surface area contributed by atoms with Crippen LogP contribution in [-0.2, 0) is 6.42 Å². The number of fused-ring (bicyclic) bond motifs is 1. The van der Waals surface area contributed by atoms with Crippen LogP contribution in [0.4, 0.5) is 0 Å². The number of hydrogen-bond donors (Lipinski definition) is 3. The molecule has 27 heavy (non-hydrogen) atoms. The highest BCUT2D eigenvalue weighted by molar-refractivity contribution is 6.31. The predicted molar refractivity (Wildman–Crippen MR) is 116 cm³/mol. The molecular weight excluding hydrogens is 358 g/mol. The van der Waals surface area contributed by atoms with Gasteiger partial charge in [0.05, 0.1) is 0 Å². The number of halogens is 1. The summed E-state index contributed by atoms with van der Waals surface area (Å²) in [7, 11) is 1.84. The van der Waals surface area contributed by atoms with Crippen molar-refractivity contribution in [3.63, 3.8) is 0 Å². The number of benzene rings is 1. The second-order valence-corrected chi connectivity index (χ2v) is 7.80. The standard InChI is InChI=1S/C21H32ClN5/c1-3-4-11-27-12-8-18(9-13-27)26-21(23-2)24-10-7-16-15-25-20-6-5-17(22)14-19(16)20/h5-6,14-15,18,25H,3-4,7-13H2,1-2H3,(H2,23,24,26). The summed E-state index contributed by atoms with van der Waals surface area (Å²) in [5, 5.41) is 9.03. The largest absolute Gasteiger partial charge is 0.361 e. The Morgan fingerprint density at radius 1 is 1.33 bits per heavy atom. The number of hydrogen-bond acceptors (Lipinski definition) is 2. The van der Waals surface area contributed by atoms with E-state index in [0.717, 1.165) is 29.5 Å². The lowest BCUT2D eigenvalue weighted by molar-refractivity contribution is 0.203. The van der Waals surface area contributed by atoms with E-state index in [1.165, 1.54) is 56.3 Å². The minimum Gasteiger partial charge on any atom is -0.361 e. The van der Waals surface area contributed by atoms with E-state index in [4.69, 9.17) is 11.6 Å². The minimum atomic E-state index is 0.515. The van der Waals surface area contributed by atoms with Gasteiger partial charge in [-0.3, -0.25) is 4.99 Å². The summed E-state index contributed by atoms with van der Waals surface area (Å²) in [4.78, 5) is 10.3. The van der Waals surface area contributed by atoms with E-state index in [0.29, 0.717) is 6.04 Å². The third kappa shape index (κ3) is 5.63. The van der Waals surface area contributed by atoms with E-state index >= 15 is 0 Å². The van der Waals surface area contributed by atoms with Crippen molar-refractivity contribution in [3.05, 3.63) is 35.0 Å². The zero-order valence-corrected chi connectivity index (χ0v) is 17.3. The number of nitrogens with zero attached hydrogens (tertiary/aromatic N) is 2. The van der Waals surface area contributed by atoms with Crippen molar-refractivity contribution in [2.24, 2.45) is 4.99 Å². The van der Waals surface area contributed by atoms with Crippen molar-refractivity contribution in [3.8, 4) is 0 Å². The normalized spacial score (nSPS) is 16.8. The first-order valence-electron chi connectivity index (χ1n) is 10.1.